The predicted molar refractivity (Wildman–Crippen MR) is 153 cm³/mol. The van der Waals surface area contributed by atoms with Crippen LogP contribution in [-0.2, 0) is 5.92 Å². The predicted octanol–water partition coefficient (Wildman–Crippen LogP) is 5.43. The topological polar surface area (TPSA) is 116 Å². The molecule has 1 amide bonds. The molecule has 1 aliphatic carbocycles. The highest BCUT2D eigenvalue weighted by molar-refractivity contribution is 6.05. The van der Waals surface area contributed by atoms with E-state index in [1.807, 2.05) is 33.9 Å². The van der Waals surface area contributed by atoms with E-state index in [1.54, 1.807) is 35.2 Å². The number of aromatic nitrogens is 3. The number of rotatable bonds is 10. The first-order valence-electron chi connectivity index (χ1n) is 13.2. The first kappa shape index (κ1) is 29.0. The van der Waals surface area contributed by atoms with Gasteiger partial charge in [0, 0.05) is 41.7 Å². The zero-order valence-electron chi connectivity index (χ0n) is 23.2. The number of benzene rings is 2. The number of halogens is 2. The molecule has 2 aromatic carbocycles. The molecule has 40 heavy (non-hydrogen) atoms. The molecular formula is C29H35F2N7O2. The van der Waals surface area contributed by atoms with Crippen molar-refractivity contribution in [1.29, 1.82) is 0 Å². The van der Waals surface area contributed by atoms with Crippen molar-refractivity contribution in [2.45, 2.75) is 64.5 Å². The molecule has 1 fully saturated rings. The number of alkyl halides is 2. The highest BCUT2D eigenvalue weighted by atomic mass is 19.3. The van der Waals surface area contributed by atoms with Gasteiger partial charge in [0.15, 0.2) is 5.82 Å². The van der Waals surface area contributed by atoms with E-state index in [0.717, 1.165) is 12.5 Å². The van der Waals surface area contributed by atoms with Crippen LogP contribution in [0, 0.1) is 6.92 Å². The van der Waals surface area contributed by atoms with E-state index in [2.05, 4.69) is 31.0 Å². The molecule has 4 N–H and O–H groups in total. The lowest BCUT2D eigenvalue weighted by molar-refractivity contribution is 0.0172. The Morgan fingerprint density at radius 1 is 1.25 bits per heavy atom. The molecule has 0 spiro atoms. The van der Waals surface area contributed by atoms with Crippen molar-refractivity contribution in [3.8, 4) is 0 Å². The van der Waals surface area contributed by atoms with Gasteiger partial charge < -0.3 is 21.1 Å². The maximum Gasteiger partial charge on any atom is 0.270 e. The number of carbonyl (C=O) groups is 1. The number of aliphatic hydroxyl groups excluding tert-OH is 1. The standard InChI is InChI=1S/C29H35F2N7O2/c1-6-33-26(9-18(3)32-5)38-28(34-16-35-38)37-25-14-19(8-7-17(25)2)27(40)36-23-11-20(21-12-24(39)13-21)10-22(15-23)29(4,30)31/h6-11,14-16,18,21,24,32,39H,12-13H2,1-5H3,(H,36,40)(H,34,35,37)/b26-9+,33-6-. The van der Waals surface area contributed by atoms with Gasteiger partial charge in [-0.3, -0.25) is 4.79 Å². The van der Waals surface area contributed by atoms with Crippen LogP contribution in [0.1, 0.15) is 66.6 Å². The third kappa shape index (κ3) is 6.78. The molecule has 1 unspecified atom stereocenters. The Hall–Kier alpha value is -3.96. The summed E-state index contributed by atoms with van der Waals surface area (Å²) in [5.41, 5.74) is 2.59. The minimum absolute atomic E-state index is 0.0208. The molecule has 9 nitrogen and oxygen atoms in total. The zero-order chi connectivity index (χ0) is 29.0. The Kier molecular flexibility index (Phi) is 8.75. The second-order valence-corrected chi connectivity index (χ2v) is 10.1. The van der Waals surface area contributed by atoms with Gasteiger partial charge in [-0.1, -0.05) is 6.07 Å². The summed E-state index contributed by atoms with van der Waals surface area (Å²) in [6.07, 6.45) is 5.58. The number of aliphatic imine (C=N–C) groups is 1. The summed E-state index contributed by atoms with van der Waals surface area (Å²) in [6.45, 7) is 6.51. The minimum Gasteiger partial charge on any atom is -0.393 e. The number of nitrogens with zero attached hydrogens (tertiary/aromatic N) is 4. The van der Waals surface area contributed by atoms with Gasteiger partial charge in [-0.15, -0.1) is 0 Å². The third-order valence-corrected chi connectivity index (χ3v) is 6.93. The quantitative estimate of drug-likeness (QED) is 0.250. The number of hydrogen-bond acceptors (Lipinski definition) is 7. The largest absolute Gasteiger partial charge is 0.393 e. The summed E-state index contributed by atoms with van der Waals surface area (Å²) >= 11 is 0. The van der Waals surface area contributed by atoms with Gasteiger partial charge in [0.2, 0.25) is 5.95 Å². The van der Waals surface area contributed by atoms with E-state index in [0.29, 0.717) is 41.4 Å². The van der Waals surface area contributed by atoms with E-state index in [1.165, 1.54) is 18.5 Å². The van der Waals surface area contributed by atoms with Crippen LogP contribution in [-0.4, -0.2) is 51.2 Å². The number of aryl methyl sites for hydroxylation is 1. The molecular weight excluding hydrogens is 516 g/mol. The van der Waals surface area contributed by atoms with Crippen LogP contribution in [0.3, 0.4) is 0 Å². The fraction of sp³-hybridized carbons (Fsp3) is 0.379. The van der Waals surface area contributed by atoms with E-state index in [4.69, 9.17) is 0 Å². The smallest absolute Gasteiger partial charge is 0.270 e. The van der Waals surface area contributed by atoms with Crippen molar-refractivity contribution in [2.24, 2.45) is 4.99 Å². The molecule has 0 radical (unpaired) electrons. The number of aliphatic hydroxyl groups is 1. The van der Waals surface area contributed by atoms with Crippen LogP contribution in [0.15, 0.2) is 53.8 Å². The Labute approximate surface area is 232 Å². The Morgan fingerprint density at radius 2 is 2.00 bits per heavy atom. The second kappa shape index (κ2) is 12.1. The van der Waals surface area contributed by atoms with E-state index in [-0.39, 0.29) is 23.2 Å². The lowest BCUT2D eigenvalue weighted by Gasteiger charge is -2.32. The van der Waals surface area contributed by atoms with Crippen molar-refractivity contribution >= 4 is 35.3 Å². The maximum absolute atomic E-state index is 14.2. The molecule has 11 heteroatoms. The molecule has 1 heterocycles. The summed E-state index contributed by atoms with van der Waals surface area (Å²) in [5.74, 6) is -2.56. The maximum atomic E-state index is 14.2. The van der Waals surface area contributed by atoms with Crippen LogP contribution in [0.4, 0.5) is 26.1 Å². The molecule has 4 rings (SSSR count). The van der Waals surface area contributed by atoms with Crippen LogP contribution in [0.25, 0.3) is 5.82 Å². The van der Waals surface area contributed by atoms with Crippen molar-refractivity contribution < 1.29 is 18.7 Å². The molecule has 0 aliphatic heterocycles. The van der Waals surface area contributed by atoms with E-state index in [9.17, 15) is 18.7 Å². The van der Waals surface area contributed by atoms with Crippen molar-refractivity contribution in [1.82, 2.24) is 20.1 Å². The first-order chi connectivity index (χ1) is 19.0. The highest BCUT2D eigenvalue weighted by Crippen LogP contribution is 2.40. The van der Waals surface area contributed by atoms with Gasteiger partial charge in [-0.05, 0) is 94.1 Å². The minimum atomic E-state index is -3.07. The molecule has 0 bridgehead atoms. The number of amides is 1. The monoisotopic (exact) mass is 551 g/mol. The van der Waals surface area contributed by atoms with E-state index < -0.39 is 17.9 Å². The summed E-state index contributed by atoms with van der Waals surface area (Å²) in [5, 5.41) is 23.1. The summed E-state index contributed by atoms with van der Waals surface area (Å²) in [6, 6.07) is 9.62. The summed E-state index contributed by atoms with van der Waals surface area (Å²) < 4.78 is 30.1. The highest BCUT2D eigenvalue weighted by Gasteiger charge is 2.32. The fourth-order valence-corrected chi connectivity index (χ4v) is 4.40. The molecule has 1 aliphatic rings. The van der Waals surface area contributed by atoms with Crippen LogP contribution >= 0.6 is 0 Å². The number of anilines is 3. The average molecular weight is 552 g/mol. The van der Waals surface area contributed by atoms with Crippen LogP contribution in [0.5, 0.6) is 0 Å². The Morgan fingerprint density at radius 3 is 2.65 bits per heavy atom. The fourth-order valence-electron chi connectivity index (χ4n) is 4.40. The SMILES string of the molecule is C/C=N\C(=C/C(C)NC)n1ncnc1Nc1cc(C(=O)Nc2cc(C3CC(O)C3)cc(C(C)(F)F)c2)ccc1C. The lowest BCUT2D eigenvalue weighted by Crippen LogP contribution is -2.27. The number of likely N-dealkylation sites (N-methyl/N-ethyl adjacent to an activating group) is 1. The number of hydrogen-bond donors (Lipinski definition) is 4. The van der Waals surface area contributed by atoms with Gasteiger partial charge in [-0.2, -0.15) is 14.8 Å². The Balaban J connectivity index is 1.59. The number of carbonyl (C=O) groups excluding carboxylic acids is 1. The number of nitrogens with one attached hydrogen (secondary N) is 3. The van der Waals surface area contributed by atoms with Gasteiger partial charge in [0.25, 0.3) is 11.8 Å². The van der Waals surface area contributed by atoms with Gasteiger partial charge in [0.1, 0.15) is 6.33 Å². The van der Waals surface area contributed by atoms with Crippen molar-refractivity contribution in [3.63, 3.8) is 0 Å². The third-order valence-electron chi connectivity index (χ3n) is 6.93. The average Bonchev–Trinajstić information content (AvgIpc) is 3.35. The summed E-state index contributed by atoms with van der Waals surface area (Å²) in [7, 11) is 1.84. The molecule has 3 aromatic rings. The van der Waals surface area contributed by atoms with Crippen LogP contribution < -0.4 is 16.0 Å². The van der Waals surface area contributed by atoms with Gasteiger partial charge in [0.05, 0.1) is 6.10 Å². The first-order valence-corrected chi connectivity index (χ1v) is 13.2. The van der Waals surface area contributed by atoms with E-state index >= 15 is 0 Å². The molecule has 1 atom stereocenters. The molecule has 0 saturated heterocycles. The molecule has 1 aromatic heterocycles. The zero-order valence-corrected chi connectivity index (χ0v) is 23.2. The van der Waals surface area contributed by atoms with Gasteiger partial charge in [-0.25, -0.2) is 13.8 Å². The second-order valence-electron chi connectivity index (χ2n) is 10.1. The normalized spacial score (nSPS) is 18.4. The van der Waals surface area contributed by atoms with Crippen LogP contribution in [0.2, 0.25) is 0 Å². The molecule has 212 valence electrons. The molecule has 1 saturated carbocycles. The van der Waals surface area contributed by atoms with Crippen molar-refractivity contribution in [2.75, 3.05) is 17.7 Å². The lowest BCUT2D eigenvalue weighted by atomic mass is 9.77. The van der Waals surface area contributed by atoms with Gasteiger partial charge >= 0.3 is 0 Å². The van der Waals surface area contributed by atoms with Crippen molar-refractivity contribution in [3.05, 3.63) is 71.1 Å². The summed E-state index contributed by atoms with van der Waals surface area (Å²) in [4.78, 5) is 22.0. The Bertz CT molecular complexity index is 1420.